The Kier molecular flexibility index (Phi) is 3.90. The van der Waals surface area contributed by atoms with Crippen molar-refractivity contribution in [2.75, 3.05) is 20.8 Å². The molecule has 4 nitrogen and oxygen atoms in total. The molecule has 24 heavy (non-hydrogen) atoms. The molecule has 3 aromatic rings. The van der Waals surface area contributed by atoms with Crippen LogP contribution in [0.3, 0.4) is 0 Å². The number of fused-ring (bicyclic) bond motifs is 3. The first-order chi connectivity index (χ1) is 11.8. The van der Waals surface area contributed by atoms with Crippen LogP contribution in [0, 0.1) is 0 Å². The number of hydrogen-bond acceptors (Lipinski definition) is 4. The first-order valence-electron chi connectivity index (χ1n) is 8.21. The molecule has 2 aromatic carbocycles. The highest BCUT2D eigenvalue weighted by molar-refractivity contribution is 5.89. The Bertz CT molecular complexity index is 854. The fraction of sp³-hybridized carbons (Fsp3) is 0.300. The largest absolute Gasteiger partial charge is 0.493 e. The van der Waals surface area contributed by atoms with E-state index >= 15 is 0 Å². The summed E-state index contributed by atoms with van der Waals surface area (Å²) in [5.41, 5.74) is 3.43. The molecule has 1 aliphatic rings. The van der Waals surface area contributed by atoms with Gasteiger partial charge in [0.15, 0.2) is 11.3 Å². The van der Waals surface area contributed by atoms with E-state index < -0.39 is 0 Å². The van der Waals surface area contributed by atoms with Crippen LogP contribution < -0.4 is 9.47 Å². The van der Waals surface area contributed by atoms with Gasteiger partial charge in [0.2, 0.25) is 5.75 Å². The summed E-state index contributed by atoms with van der Waals surface area (Å²) in [7, 11) is 3.30. The fourth-order valence-corrected chi connectivity index (χ4v) is 3.50. The SMILES string of the molecule is COc1ccc2c3c(oc2c1OC)CN(Cc1ccccc1)CC3. The maximum Gasteiger partial charge on any atom is 0.204 e. The van der Waals surface area contributed by atoms with E-state index in [9.17, 15) is 0 Å². The molecule has 1 aromatic heterocycles. The molecule has 124 valence electrons. The van der Waals surface area contributed by atoms with Gasteiger partial charge in [0.25, 0.3) is 0 Å². The maximum atomic E-state index is 6.18. The second kappa shape index (κ2) is 6.21. The topological polar surface area (TPSA) is 34.8 Å². The molecule has 0 amide bonds. The highest BCUT2D eigenvalue weighted by atomic mass is 16.5. The van der Waals surface area contributed by atoms with Crippen LogP contribution in [0.5, 0.6) is 11.5 Å². The van der Waals surface area contributed by atoms with Crippen molar-refractivity contribution in [3.05, 3.63) is 59.4 Å². The lowest BCUT2D eigenvalue weighted by Crippen LogP contribution is -2.29. The zero-order valence-electron chi connectivity index (χ0n) is 14.0. The third-order valence-corrected chi connectivity index (χ3v) is 4.68. The predicted octanol–water partition coefficient (Wildman–Crippen LogP) is 4.01. The molecule has 0 aliphatic carbocycles. The number of hydrogen-bond donors (Lipinski definition) is 0. The van der Waals surface area contributed by atoms with Crippen LogP contribution in [0.1, 0.15) is 16.9 Å². The Balaban J connectivity index is 1.66. The van der Waals surface area contributed by atoms with E-state index in [2.05, 4.69) is 41.3 Å². The summed E-state index contributed by atoms with van der Waals surface area (Å²) in [5, 5.41) is 1.14. The van der Waals surface area contributed by atoms with Gasteiger partial charge in [-0.3, -0.25) is 4.90 Å². The smallest absolute Gasteiger partial charge is 0.204 e. The van der Waals surface area contributed by atoms with Crippen molar-refractivity contribution in [1.82, 2.24) is 4.90 Å². The van der Waals surface area contributed by atoms with Crippen LogP contribution in [0.4, 0.5) is 0 Å². The molecular weight excluding hydrogens is 302 g/mol. The molecule has 0 unspecified atom stereocenters. The van der Waals surface area contributed by atoms with Gasteiger partial charge in [0.05, 0.1) is 20.8 Å². The van der Waals surface area contributed by atoms with Crippen LogP contribution in [-0.2, 0) is 19.5 Å². The minimum Gasteiger partial charge on any atom is -0.493 e. The number of furan rings is 1. The minimum absolute atomic E-state index is 0.680. The molecule has 0 spiro atoms. The van der Waals surface area contributed by atoms with E-state index in [1.165, 1.54) is 11.1 Å². The van der Waals surface area contributed by atoms with E-state index in [-0.39, 0.29) is 0 Å². The van der Waals surface area contributed by atoms with E-state index in [1.54, 1.807) is 14.2 Å². The van der Waals surface area contributed by atoms with E-state index in [0.29, 0.717) is 11.5 Å². The second-order valence-corrected chi connectivity index (χ2v) is 6.13. The minimum atomic E-state index is 0.680. The Morgan fingerprint density at radius 2 is 1.88 bits per heavy atom. The van der Waals surface area contributed by atoms with E-state index in [4.69, 9.17) is 13.9 Å². The molecular formula is C20H21NO3. The monoisotopic (exact) mass is 323 g/mol. The predicted molar refractivity (Wildman–Crippen MR) is 93.6 cm³/mol. The molecule has 4 heteroatoms. The van der Waals surface area contributed by atoms with Crippen LogP contribution in [-0.4, -0.2) is 25.7 Å². The van der Waals surface area contributed by atoms with Crippen LogP contribution >= 0.6 is 0 Å². The van der Waals surface area contributed by atoms with Gasteiger partial charge in [-0.15, -0.1) is 0 Å². The Labute approximate surface area is 141 Å². The van der Waals surface area contributed by atoms with Crippen LogP contribution in [0.25, 0.3) is 11.0 Å². The molecule has 2 heterocycles. The molecule has 0 bridgehead atoms. The Morgan fingerprint density at radius 3 is 2.62 bits per heavy atom. The zero-order chi connectivity index (χ0) is 16.5. The first kappa shape index (κ1) is 15.1. The van der Waals surface area contributed by atoms with Crippen LogP contribution in [0.15, 0.2) is 46.9 Å². The van der Waals surface area contributed by atoms with Crippen molar-refractivity contribution in [2.45, 2.75) is 19.5 Å². The summed E-state index contributed by atoms with van der Waals surface area (Å²) in [5.74, 6) is 2.43. The molecule has 0 saturated carbocycles. The van der Waals surface area contributed by atoms with Crippen molar-refractivity contribution in [1.29, 1.82) is 0 Å². The van der Waals surface area contributed by atoms with Crippen LogP contribution in [0.2, 0.25) is 0 Å². The van der Waals surface area contributed by atoms with Gasteiger partial charge >= 0.3 is 0 Å². The molecule has 0 fully saturated rings. The second-order valence-electron chi connectivity index (χ2n) is 6.13. The Morgan fingerprint density at radius 1 is 1.04 bits per heavy atom. The van der Waals surface area contributed by atoms with Crippen molar-refractivity contribution in [3.63, 3.8) is 0 Å². The third kappa shape index (κ3) is 2.53. The fourth-order valence-electron chi connectivity index (χ4n) is 3.50. The maximum absolute atomic E-state index is 6.18. The van der Waals surface area contributed by atoms with Gasteiger partial charge in [-0.25, -0.2) is 0 Å². The van der Waals surface area contributed by atoms with Crippen molar-refractivity contribution < 1.29 is 13.9 Å². The Hall–Kier alpha value is -2.46. The molecule has 0 radical (unpaired) electrons. The lowest BCUT2D eigenvalue weighted by molar-refractivity contribution is 0.223. The van der Waals surface area contributed by atoms with E-state index in [0.717, 1.165) is 42.8 Å². The normalized spacial score (nSPS) is 14.6. The van der Waals surface area contributed by atoms with Crippen molar-refractivity contribution in [3.8, 4) is 11.5 Å². The lowest BCUT2D eigenvalue weighted by atomic mass is 10.0. The number of methoxy groups -OCH3 is 2. The molecule has 0 N–H and O–H groups in total. The summed E-state index contributed by atoms with van der Waals surface area (Å²) in [4.78, 5) is 2.42. The number of ether oxygens (including phenoxy) is 2. The molecule has 4 rings (SSSR count). The lowest BCUT2D eigenvalue weighted by Gasteiger charge is -2.25. The first-order valence-corrected chi connectivity index (χ1v) is 8.21. The summed E-state index contributed by atoms with van der Waals surface area (Å²) in [6.07, 6.45) is 0.991. The number of nitrogens with zero attached hydrogens (tertiary/aromatic N) is 1. The van der Waals surface area contributed by atoms with Crippen molar-refractivity contribution in [2.24, 2.45) is 0 Å². The highest BCUT2D eigenvalue weighted by Gasteiger charge is 2.25. The average Bonchev–Trinajstić information content (AvgIpc) is 2.99. The summed E-state index contributed by atoms with van der Waals surface area (Å²) in [6.45, 7) is 2.80. The standard InChI is InChI=1S/C20H21NO3/c1-22-17-9-8-16-15-10-11-21(12-14-6-4-3-5-7-14)13-18(15)24-19(16)20(17)23-2/h3-9H,10-13H2,1-2H3. The summed E-state index contributed by atoms with van der Waals surface area (Å²) >= 11 is 0. The van der Waals surface area contributed by atoms with Gasteiger partial charge in [0, 0.05) is 24.0 Å². The number of benzene rings is 2. The van der Waals surface area contributed by atoms with Gasteiger partial charge in [0.1, 0.15) is 5.76 Å². The van der Waals surface area contributed by atoms with Gasteiger partial charge in [-0.2, -0.15) is 0 Å². The van der Waals surface area contributed by atoms with Gasteiger partial charge in [-0.05, 0) is 24.1 Å². The van der Waals surface area contributed by atoms with E-state index in [1.807, 2.05) is 6.07 Å². The highest BCUT2D eigenvalue weighted by Crippen LogP contribution is 2.41. The van der Waals surface area contributed by atoms with Crippen molar-refractivity contribution >= 4 is 11.0 Å². The summed E-state index contributed by atoms with van der Waals surface area (Å²) < 4.78 is 17.1. The van der Waals surface area contributed by atoms with Gasteiger partial charge in [-0.1, -0.05) is 30.3 Å². The molecule has 0 atom stereocenters. The number of rotatable bonds is 4. The quantitative estimate of drug-likeness (QED) is 0.727. The van der Waals surface area contributed by atoms with Gasteiger partial charge < -0.3 is 13.9 Å². The summed E-state index contributed by atoms with van der Waals surface area (Å²) in [6, 6.07) is 14.6. The third-order valence-electron chi connectivity index (χ3n) is 4.68. The average molecular weight is 323 g/mol. The molecule has 1 aliphatic heterocycles. The zero-order valence-corrected chi connectivity index (χ0v) is 14.0. The molecule has 0 saturated heterocycles.